The Morgan fingerprint density at radius 2 is 2.11 bits per heavy atom. The molecule has 0 spiro atoms. The molecule has 2 heterocycles. The fourth-order valence-electron chi connectivity index (χ4n) is 2.88. The Morgan fingerprint density at radius 3 is 2.86 bits per heavy atom. The summed E-state index contributed by atoms with van der Waals surface area (Å²) in [6, 6.07) is 7.96. The number of hydrogen-bond donors (Lipinski definition) is 0. The third-order valence-corrected chi connectivity index (χ3v) is 5.28. The van der Waals surface area contributed by atoms with Crippen molar-refractivity contribution in [3.63, 3.8) is 0 Å². The van der Waals surface area contributed by atoms with Gasteiger partial charge in [0.2, 0.25) is 0 Å². The fourth-order valence-corrected chi connectivity index (χ4v) is 3.77. The van der Waals surface area contributed by atoms with Crippen molar-refractivity contribution in [2.24, 2.45) is 0 Å². The standard InChI is InChI=1S/C20H22ClN3O3S/c1-3-26-9-6-15-4-5-17(14(2)12-15)27-10-8-24(20(21)25)18-16-7-11-28-19(16)23-13-22-18/h4-5,7,11-13H,3,6,8-10H2,1-2H3. The van der Waals surface area contributed by atoms with Crippen molar-refractivity contribution in [2.45, 2.75) is 20.3 Å². The van der Waals surface area contributed by atoms with E-state index in [9.17, 15) is 4.79 Å². The lowest BCUT2D eigenvalue weighted by Crippen LogP contribution is -2.31. The van der Waals surface area contributed by atoms with Gasteiger partial charge in [0.05, 0.1) is 18.5 Å². The van der Waals surface area contributed by atoms with E-state index in [0.29, 0.717) is 19.0 Å². The van der Waals surface area contributed by atoms with E-state index in [-0.39, 0.29) is 6.54 Å². The molecule has 0 fully saturated rings. The first-order chi connectivity index (χ1) is 13.6. The summed E-state index contributed by atoms with van der Waals surface area (Å²) in [4.78, 5) is 22.6. The average molecular weight is 420 g/mol. The van der Waals surface area contributed by atoms with Crippen LogP contribution in [0.4, 0.5) is 10.6 Å². The fraction of sp³-hybridized carbons (Fsp3) is 0.350. The van der Waals surface area contributed by atoms with Crippen LogP contribution < -0.4 is 9.64 Å². The molecule has 0 radical (unpaired) electrons. The average Bonchev–Trinajstić information content (AvgIpc) is 3.16. The summed E-state index contributed by atoms with van der Waals surface area (Å²) in [6.45, 7) is 6.01. The second kappa shape index (κ2) is 9.82. The quantitative estimate of drug-likeness (QED) is 0.282. The van der Waals surface area contributed by atoms with Crippen LogP contribution in [-0.4, -0.2) is 41.7 Å². The molecule has 8 heteroatoms. The Hall–Kier alpha value is -2.22. The molecule has 0 bridgehead atoms. The molecule has 0 N–H and O–H groups in total. The van der Waals surface area contributed by atoms with Gasteiger partial charge in [-0.1, -0.05) is 12.1 Å². The van der Waals surface area contributed by atoms with Crippen LogP contribution in [0, 0.1) is 6.92 Å². The molecule has 0 atom stereocenters. The minimum atomic E-state index is -0.599. The molecule has 1 aromatic carbocycles. The van der Waals surface area contributed by atoms with Crippen LogP contribution in [0.25, 0.3) is 10.2 Å². The highest BCUT2D eigenvalue weighted by atomic mass is 35.5. The summed E-state index contributed by atoms with van der Waals surface area (Å²) in [6.07, 6.45) is 2.31. The van der Waals surface area contributed by atoms with Crippen LogP contribution >= 0.6 is 22.9 Å². The summed E-state index contributed by atoms with van der Waals surface area (Å²) in [5.41, 5.74) is 2.25. The Balaban J connectivity index is 1.64. The number of carbonyl (C=O) groups is 1. The zero-order chi connectivity index (χ0) is 19.9. The molecule has 6 nitrogen and oxygen atoms in total. The number of benzene rings is 1. The second-order valence-electron chi connectivity index (χ2n) is 6.14. The van der Waals surface area contributed by atoms with Gasteiger partial charge in [0.1, 0.15) is 29.3 Å². The van der Waals surface area contributed by atoms with Gasteiger partial charge in [-0.15, -0.1) is 11.3 Å². The largest absolute Gasteiger partial charge is 0.491 e. The highest BCUT2D eigenvalue weighted by molar-refractivity contribution is 7.16. The van der Waals surface area contributed by atoms with Crippen LogP contribution in [0.5, 0.6) is 5.75 Å². The van der Waals surface area contributed by atoms with E-state index in [1.54, 1.807) is 0 Å². The molecule has 0 unspecified atom stereocenters. The lowest BCUT2D eigenvalue weighted by Gasteiger charge is -2.20. The number of nitrogens with zero attached hydrogens (tertiary/aromatic N) is 3. The molecular weight excluding hydrogens is 398 g/mol. The highest BCUT2D eigenvalue weighted by Crippen LogP contribution is 2.27. The molecular formula is C20H22ClN3O3S. The van der Waals surface area contributed by atoms with E-state index >= 15 is 0 Å². The SMILES string of the molecule is CCOCCc1ccc(OCCN(C(=O)Cl)c2ncnc3sccc23)c(C)c1. The van der Waals surface area contributed by atoms with E-state index in [2.05, 4.69) is 16.0 Å². The van der Waals surface area contributed by atoms with Gasteiger partial charge in [-0.3, -0.25) is 9.69 Å². The Morgan fingerprint density at radius 1 is 1.25 bits per heavy atom. The molecule has 0 aliphatic carbocycles. The van der Waals surface area contributed by atoms with Gasteiger partial charge >= 0.3 is 5.37 Å². The molecule has 148 valence electrons. The first kappa shape index (κ1) is 20.5. The van der Waals surface area contributed by atoms with Gasteiger partial charge in [0.15, 0.2) is 0 Å². The van der Waals surface area contributed by atoms with E-state index in [1.165, 1.54) is 28.1 Å². The zero-order valence-corrected chi connectivity index (χ0v) is 17.4. The molecule has 0 aliphatic heterocycles. The van der Waals surface area contributed by atoms with E-state index in [4.69, 9.17) is 21.1 Å². The van der Waals surface area contributed by atoms with Crippen LogP contribution in [0.2, 0.25) is 0 Å². The Kier molecular flexibility index (Phi) is 7.19. The summed E-state index contributed by atoms with van der Waals surface area (Å²) in [5.74, 6) is 1.28. The van der Waals surface area contributed by atoms with Gasteiger partial charge in [-0.05, 0) is 60.5 Å². The summed E-state index contributed by atoms with van der Waals surface area (Å²) >= 11 is 7.29. The first-order valence-corrected chi connectivity index (χ1v) is 10.3. The number of carbonyl (C=O) groups excluding carboxylic acids is 1. The maximum atomic E-state index is 12.0. The number of aryl methyl sites for hydroxylation is 1. The van der Waals surface area contributed by atoms with E-state index in [1.807, 2.05) is 37.4 Å². The topological polar surface area (TPSA) is 64.6 Å². The Bertz CT molecular complexity index is 947. The highest BCUT2D eigenvalue weighted by Gasteiger charge is 2.18. The van der Waals surface area contributed by atoms with Crippen LogP contribution in [-0.2, 0) is 11.2 Å². The number of thiophene rings is 1. The number of amides is 1. The van der Waals surface area contributed by atoms with Crippen molar-refractivity contribution in [1.82, 2.24) is 9.97 Å². The summed E-state index contributed by atoms with van der Waals surface area (Å²) in [7, 11) is 0. The Labute approximate surface area is 173 Å². The third kappa shape index (κ3) is 4.98. The maximum Gasteiger partial charge on any atom is 0.322 e. The monoisotopic (exact) mass is 419 g/mol. The molecule has 3 rings (SSSR count). The number of aromatic nitrogens is 2. The van der Waals surface area contributed by atoms with Crippen molar-refractivity contribution in [3.8, 4) is 5.75 Å². The number of rotatable bonds is 9. The minimum Gasteiger partial charge on any atom is -0.491 e. The van der Waals surface area contributed by atoms with Gasteiger partial charge in [0.25, 0.3) is 0 Å². The maximum absolute atomic E-state index is 12.0. The predicted octanol–water partition coefficient (Wildman–Crippen LogP) is 4.82. The van der Waals surface area contributed by atoms with Crippen molar-refractivity contribution in [2.75, 3.05) is 31.3 Å². The smallest absolute Gasteiger partial charge is 0.322 e. The molecule has 0 aliphatic rings. The summed E-state index contributed by atoms with van der Waals surface area (Å²) < 4.78 is 11.3. The molecule has 28 heavy (non-hydrogen) atoms. The number of ether oxygens (including phenoxy) is 2. The lowest BCUT2D eigenvalue weighted by molar-refractivity contribution is 0.151. The summed E-state index contributed by atoms with van der Waals surface area (Å²) in [5, 5.41) is 2.11. The minimum absolute atomic E-state index is 0.288. The molecule has 2 aromatic heterocycles. The van der Waals surface area contributed by atoms with Gasteiger partial charge in [0, 0.05) is 6.61 Å². The first-order valence-electron chi connectivity index (χ1n) is 9.05. The number of fused-ring (bicyclic) bond motifs is 1. The van der Waals surface area contributed by atoms with Gasteiger partial charge in [-0.25, -0.2) is 9.97 Å². The molecule has 3 aromatic rings. The molecule has 1 amide bonds. The van der Waals surface area contributed by atoms with E-state index < -0.39 is 5.37 Å². The van der Waals surface area contributed by atoms with E-state index in [0.717, 1.165) is 34.6 Å². The zero-order valence-electron chi connectivity index (χ0n) is 15.9. The second-order valence-corrected chi connectivity index (χ2v) is 7.35. The molecule has 0 saturated heterocycles. The predicted molar refractivity (Wildman–Crippen MR) is 113 cm³/mol. The van der Waals surface area contributed by atoms with Crippen molar-refractivity contribution in [3.05, 3.63) is 47.1 Å². The lowest BCUT2D eigenvalue weighted by atomic mass is 10.1. The number of anilines is 1. The number of halogens is 1. The van der Waals surface area contributed by atoms with Crippen LogP contribution in [0.1, 0.15) is 18.1 Å². The van der Waals surface area contributed by atoms with Crippen molar-refractivity contribution < 1.29 is 14.3 Å². The van der Waals surface area contributed by atoms with Crippen molar-refractivity contribution in [1.29, 1.82) is 0 Å². The number of hydrogen-bond acceptors (Lipinski definition) is 6. The van der Waals surface area contributed by atoms with Crippen LogP contribution in [0.3, 0.4) is 0 Å². The molecule has 0 saturated carbocycles. The van der Waals surface area contributed by atoms with Gasteiger partial charge < -0.3 is 9.47 Å². The third-order valence-electron chi connectivity index (χ3n) is 4.26. The normalized spacial score (nSPS) is 11.0. The van der Waals surface area contributed by atoms with Crippen molar-refractivity contribution >= 4 is 44.3 Å². The van der Waals surface area contributed by atoms with Crippen LogP contribution in [0.15, 0.2) is 36.0 Å². The van der Waals surface area contributed by atoms with Gasteiger partial charge in [-0.2, -0.15) is 0 Å².